The molecule has 0 spiro atoms. The van der Waals surface area contributed by atoms with Crippen LogP contribution in [-0.4, -0.2) is 33.6 Å². The van der Waals surface area contributed by atoms with Crippen molar-refractivity contribution in [3.63, 3.8) is 0 Å². The number of aliphatic imine (C=N–C) groups is 1. The van der Waals surface area contributed by atoms with E-state index in [2.05, 4.69) is 65.6 Å². The van der Waals surface area contributed by atoms with Crippen LogP contribution in [0.3, 0.4) is 0 Å². The van der Waals surface area contributed by atoms with Crippen LogP contribution in [0.1, 0.15) is 31.9 Å². The smallest absolute Gasteiger partial charge is 0.191 e. The van der Waals surface area contributed by atoms with Crippen LogP contribution in [0.25, 0.3) is 5.82 Å². The second-order valence-electron chi connectivity index (χ2n) is 7.29. The van der Waals surface area contributed by atoms with Crippen LogP contribution in [0, 0.1) is 0 Å². The quantitative estimate of drug-likeness (QED) is 0.490. The van der Waals surface area contributed by atoms with Gasteiger partial charge >= 0.3 is 0 Å². The highest BCUT2D eigenvalue weighted by Crippen LogP contribution is 2.21. The maximum atomic E-state index is 4.71. The minimum Gasteiger partial charge on any atom is -0.357 e. The van der Waals surface area contributed by atoms with Gasteiger partial charge in [0.2, 0.25) is 0 Å². The van der Waals surface area contributed by atoms with E-state index in [1.54, 1.807) is 12.5 Å². The largest absolute Gasteiger partial charge is 0.357 e. The summed E-state index contributed by atoms with van der Waals surface area (Å²) in [6, 6.07) is 14.6. The highest BCUT2D eigenvalue weighted by atomic mass is 15.2. The topological polar surface area (TPSA) is 67.1 Å². The van der Waals surface area contributed by atoms with E-state index in [-0.39, 0.29) is 5.41 Å². The summed E-state index contributed by atoms with van der Waals surface area (Å²) in [5.74, 6) is 1.66. The first-order valence-electron chi connectivity index (χ1n) is 9.59. The molecule has 0 fully saturated rings. The van der Waals surface area contributed by atoms with Crippen LogP contribution in [0.15, 0.2) is 72.4 Å². The number of aromatic nitrogens is 3. The predicted octanol–water partition coefficient (Wildman–Crippen LogP) is 3.30. The highest BCUT2D eigenvalue weighted by molar-refractivity contribution is 5.79. The Kier molecular flexibility index (Phi) is 6.42. The summed E-state index contributed by atoms with van der Waals surface area (Å²) < 4.78 is 1.88. The Hall–Kier alpha value is -3.15. The number of guanidine groups is 1. The van der Waals surface area contributed by atoms with E-state index in [0.717, 1.165) is 30.4 Å². The van der Waals surface area contributed by atoms with Crippen LogP contribution in [-0.2, 0) is 12.0 Å². The summed E-state index contributed by atoms with van der Waals surface area (Å²) in [7, 11) is 0. The molecule has 0 aliphatic rings. The molecule has 3 aromatic rings. The van der Waals surface area contributed by atoms with E-state index in [4.69, 9.17) is 4.99 Å². The van der Waals surface area contributed by atoms with Crippen molar-refractivity contribution in [2.24, 2.45) is 4.99 Å². The van der Waals surface area contributed by atoms with Crippen LogP contribution in [0.4, 0.5) is 0 Å². The fourth-order valence-corrected chi connectivity index (χ4v) is 2.87. The minimum atomic E-state index is 0.00541. The Labute approximate surface area is 166 Å². The van der Waals surface area contributed by atoms with Gasteiger partial charge in [-0.15, -0.1) is 0 Å². The number of nitrogens with zero attached hydrogens (tertiary/aromatic N) is 4. The molecule has 1 aromatic carbocycles. The minimum absolute atomic E-state index is 0.00541. The third kappa shape index (κ3) is 5.19. The highest BCUT2D eigenvalue weighted by Gasteiger charge is 2.20. The van der Waals surface area contributed by atoms with Crippen molar-refractivity contribution in [2.75, 3.05) is 13.1 Å². The lowest BCUT2D eigenvalue weighted by Gasteiger charge is -2.26. The standard InChI is InChI=1S/C22H28N6/c1-4-24-21(27-16-22(2,3)19-8-6-5-7-9-19)26-15-18-10-11-20(25-14-18)28-13-12-23-17-28/h5-14,17H,4,15-16H2,1-3H3,(H2,24,26,27). The molecule has 2 N–H and O–H groups in total. The van der Waals surface area contributed by atoms with Gasteiger partial charge in [-0.1, -0.05) is 50.2 Å². The van der Waals surface area contributed by atoms with E-state index in [1.807, 2.05) is 35.2 Å². The SMILES string of the molecule is CCNC(=NCc1ccc(-n2ccnc2)nc1)NCC(C)(C)c1ccccc1. The number of benzene rings is 1. The lowest BCUT2D eigenvalue weighted by Crippen LogP contribution is -2.43. The molecule has 0 radical (unpaired) electrons. The molecule has 3 rings (SSSR count). The summed E-state index contributed by atoms with van der Waals surface area (Å²) in [4.78, 5) is 13.2. The molecule has 2 heterocycles. The molecule has 6 nitrogen and oxygen atoms in total. The molecule has 0 aliphatic heterocycles. The Bertz CT molecular complexity index is 867. The third-order valence-corrected chi connectivity index (χ3v) is 4.60. The molecule has 0 bridgehead atoms. The summed E-state index contributed by atoms with van der Waals surface area (Å²) in [5.41, 5.74) is 2.37. The van der Waals surface area contributed by atoms with E-state index in [0.29, 0.717) is 6.54 Å². The Morgan fingerprint density at radius 1 is 1.11 bits per heavy atom. The van der Waals surface area contributed by atoms with Crippen molar-refractivity contribution in [1.82, 2.24) is 25.2 Å². The zero-order valence-electron chi connectivity index (χ0n) is 16.8. The second-order valence-corrected chi connectivity index (χ2v) is 7.29. The molecule has 0 aliphatic carbocycles. The molecule has 28 heavy (non-hydrogen) atoms. The average molecular weight is 377 g/mol. The number of imidazole rings is 1. The zero-order chi connectivity index (χ0) is 19.8. The molecular formula is C22H28N6. The zero-order valence-corrected chi connectivity index (χ0v) is 16.8. The number of pyridine rings is 1. The Morgan fingerprint density at radius 3 is 2.57 bits per heavy atom. The first-order valence-corrected chi connectivity index (χ1v) is 9.59. The molecule has 0 atom stereocenters. The molecule has 6 heteroatoms. The maximum Gasteiger partial charge on any atom is 0.191 e. The number of nitrogens with one attached hydrogen (secondary N) is 2. The van der Waals surface area contributed by atoms with Crippen LogP contribution >= 0.6 is 0 Å². The second kappa shape index (κ2) is 9.17. The lowest BCUT2D eigenvalue weighted by molar-refractivity contribution is 0.508. The fraction of sp³-hybridized carbons (Fsp3) is 0.318. The van der Waals surface area contributed by atoms with Crippen molar-refractivity contribution in [3.05, 3.63) is 78.5 Å². The van der Waals surface area contributed by atoms with Crippen molar-refractivity contribution in [3.8, 4) is 5.82 Å². The van der Waals surface area contributed by atoms with Crippen LogP contribution in [0.5, 0.6) is 0 Å². The van der Waals surface area contributed by atoms with Gasteiger partial charge in [-0.05, 0) is 24.1 Å². The molecular weight excluding hydrogens is 348 g/mol. The van der Waals surface area contributed by atoms with Crippen molar-refractivity contribution in [1.29, 1.82) is 0 Å². The average Bonchev–Trinajstić information content (AvgIpc) is 3.26. The van der Waals surface area contributed by atoms with Gasteiger partial charge in [-0.25, -0.2) is 15.0 Å². The molecule has 0 unspecified atom stereocenters. The van der Waals surface area contributed by atoms with E-state index in [1.165, 1.54) is 5.56 Å². The number of hydrogen-bond donors (Lipinski definition) is 2. The Morgan fingerprint density at radius 2 is 1.93 bits per heavy atom. The van der Waals surface area contributed by atoms with E-state index >= 15 is 0 Å². The molecule has 0 saturated carbocycles. The van der Waals surface area contributed by atoms with Gasteiger partial charge in [0.05, 0.1) is 6.54 Å². The predicted molar refractivity (Wildman–Crippen MR) is 114 cm³/mol. The monoisotopic (exact) mass is 376 g/mol. The van der Waals surface area contributed by atoms with Crippen LogP contribution < -0.4 is 10.6 Å². The van der Waals surface area contributed by atoms with E-state index < -0.39 is 0 Å². The molecule has 146 valence electrons. The lowest BCUT2D eigenvalue weighted by atomic mass is 9.85. The van der Waals surface area contributed by atoms with Gasteiger partial charge in [0, 0.05) is 37.1 Å². The molecule has 0 amide bonds. The summed E-state index contributed by atoms with van der Waals surface area (Å²) >= 11 is 0. The maximum absolute atomic E-state index is 4.71. The summed E-state index contributed by atoms with van der Waals surface area (Å²) in [5, 5.41) is 6.79. The first-order chi connectivity index (χ1) is 13.6. The molecule has 2 aromatic heterocycles. The molecule has 0 saturated heterocycles. The van der Waals surface area contributed by atoms with Gasteiger partial charge in [-0.2, -0.15) is 0 Å². The third-order valence-electron chi connectivity index (χ3n) is 4.60. The van der Waals surface area contributed by atoms with Gasteiger partial charge in [-0.3, -0.25) is 4.57 Å². The Balaban J connectivity index is 1.62. The summed E-state index contributed by atoms with van der Waals surface area (Å²) in [6.45, 7) is 8.71. The van der Waals surface area contributed by atoms with Crippen molar-refractivity contribution < 1.29 is 0 Å². The van der Waals surface area contributed by atoms with Gasteiger partial charge in [0.15, 0.2) is 5.96 Å². The van der Waals surface area contributed by atoms with Gasteiger partial charge in [0.1, 0.15) is 12.1 Å². The van der Waals surface area contributed by atoms with Gasteiger partial charge < -0.3 is 10.6 Å². The normalized spacial score (nSPS) is 12.0. The van der Waals surface area contributed by atoms with Crippen molar-refractivity contribution in [2.45, 2.75) is 32.7 Å². The summed E-state index contributed by atoms with van der Waals surface area (Å²) in [6.07, 6.45) is 7.21. The first kappa shape index (κ1) is 19.6. The van der Waals surface area contributed by atoms with Crippen molar-refractivity contribution >= 4 is 5.96 Å². The number of rotatable bonds is 7. The van der Waals surface area contributed by atoms with Crippen LogP contribution in [0.2, 0.25) is 0 Å². The van der Waals surface area contributed by atoms with Gasteiger partial charge in [0.25, 0.3) is 0 Å². The number of hydrogen-bond acceptors (Lipinski definition) is 3. The van der Waals surface area contributed by atoms with E-state index in [9.17, 15) is 0 Å². The fourth-order valence-electron chi connectivity index (χ4n) is 2.87.